The van der Waals surface area contributed by atoms with Crippen LogP contribution in [0.3, 0.4) is 0 Å². The van der Waals surface area contributed by atoms with Gasteiger partial charge in [0.15, 0.2) is 0 Å². The third-order valence-corrected chi connectivity index (χ3v) is 1.99. The molecule has 15 heavy (non-hydrogen) atoms. The van der Waals surface area contributed by atoms with Gasteiger partial charge in [-0.15, -0.1) is 0 Å². The maximum absolute atomic E-state index is 9.56. The van der Waals surface area contributed by atoms with Crippen molar-refractivity contribution in [3.05, 3.63) is 54.6 Å². The zero-order valence-corrected chi connectivity index (χ0v) is 10.2. The molecule has 3 heteroatoms. The first-order chi connectivity index (χ1) is 6.38. The molecular weight excluding hydrogens is 246 g/mol. The van der Waals surface area contributed by atoms with E-state index < -0.39 is 0 Å². The van der Waals surface area contributed by atoms with Gasteiger partial charge in [-0.1, -0.05) is 48.5 Å². The first-order valence-corrected chi connectivity index (χ1v) is 4.21. The summed E-state index contributed by atoms with van der Waals surface area (Å²) in [7, 11) is 0. The van der Waals surface area contributed by atoms with Crippen molar-refractivity contribution in [3.63, 3.8) is 0 Å². The van der Waals surface area contributed by atoms with E-state index in [0.717, 1.165) is 11.1 Å². The summed E-state index contributed by atoms with van der Waals surface area (Å²) in [5, 5.41) is 9.56. The van der Waals surface area contributed by atoms with Gasteiger partial charge in [0.05, 0.1) is 0 Å². The van der Waals surface area contributed by atoms with E-state index in [0.29, 0.717) is 5.75 Å². The summed E-state index contributed by atoms with van der Waals surface area (Å²) < 4.78 is 0. The number of benzene rings is 2. The Morgan fingerprint density at radius 1 is 0.733 bits per heavy atom. The number of hydrogen-bond donors (Lipinski definition) is 1. The van der Waals surface area contributed by atoms with Gasteiger partial charge in [-0.2, -0.15) is 0 Å². The van der Waals surface area contributed by atoms with Gasteiger partial charge in [0.1, 0.15) is 5.75 Å². The van der Waals surface area contributed by atoms with Crippen LogP contribution in [0, 0.1) is 0 Å². The van der Waals surface area contributed by atoms with Gasteiger partial charge in [0.25, 0.3) is 0 Å². The molecule has 76 valence electrons. The Kier molecular flexibility index (Phi) is 6.38. The molecule has 0 aliphatic heterocycles. The first-order valence-electron chi connectivity index (χ1n) is 4.21. The normalized spacial score (nSPS) is 8.53. The third kappa shape index (κ3) is 3.40. The standard InChI is InChI=1S/C12H10O.Al.Co/c13-12-9-5-4-8-11(12)10-6-2-1-3-7-10;;/h1-9,13H;;. The van der Waals surface area contributed by atoms with Gasteiger partial charge in [-0.3, -0.25) is 0 Å². The summed E-state index contributed by atoms with van der Waals surface area (Å²) in [4.78, 5) is 0. The molecule has 2 aromatic rings. The van der Waals surface area contributed by atoms with Crippen LogP contribution >= 0.6 is 0 Å². The molecule has 0 bridgehead atoms. The minimum absolute atomic E-state index is 0. The smallest absolute Gasteiger partial charge is 0.123 e. The maximum atomic E-state index is 9.56. The number of aromatic hydroxyl groups is 1. The van der Waals surface area contributed by atoms with Crippen LogP contribution in [-0.2, 0) is 16.8 Å². The van der Waals surface area contributed by atoms with Crippen molar-refractivity contribution >= 4 is 17.4 Å². The SMILES string of the molecule is Oc1ccccc1-c1ccccc1.[Al].[Co]. The van der Waals surface area contributed by atoms with Crippen molar-refractivity contribution in [1.29, 1.82) is 0 Å². The second-order valence-corrected chi connectivity index (χ2v) is 2.88. The third-order valence-electron chi connectivity index (χ3n) is 1.99. The molecule has 0 atom stereocenters. The van der Waals surface area contributed by atoms with Gasteiger partial charge in [-0.05, 0) is 11.6 Å². The predicted octanol–water partition coefficient (Wildman–Crippen LogP) is 2.68. The second-order valence-electron chi connectivity index (χ2n) is 2.88. The van der Waals surface area contributed by atoms with Gasteiger partial charge in [0.2, 0.25) is 0 Å². The number of rotatable bonds is 1. The Morgan fingerprint density at radius 2 is 1.27 bits per heavy atom. The molecule has 2 rings (SSSR count). The Bertz CT molecular complexity index is 403. The van der Waals surface area contributed by atoms with Crippen LogP contribution in [0.4, 0.5) is 0 Å². The molecular formula is C12H10AlCoO. The summed E-state index contributed by atoms with van der Waals surface area (Å²) >= 11 is 0. The monoisotopic (exact) mass is 256 g/mol. The van der Waals surface area contributed by atoms with E-state index in [4.69, 9.17) is 0 Å². The van der Waals surface area contributed by atoms with Crippen LogP contribution in [0.15, 0.2) is 54.6 Å². The Hall–Kier alpha value is -0.721. The Labute approximate surface area is 110 Å². The fourth-order valence-electron chi connectivity index (χ4n) is 1.34. The molecule has 0 unspecified atom stereocenters. The molecule has 0 saturated heterocycles. The van der Waals surface area contributed by atoms with E-state index in [1.807, 2.05) is 48.5 Å². The fraction of sp³-hybridized carbons (Fsp3) is 0. The molecule has 0 fully saturated rings. The van der Waals surface area contributed by atoms with Crippen LogP contribution < -0.4 is 0 Å². The average molecular weight is 256 g/mol. The largest absolute Gasteiger partial charge is 0.507 e. The minimum Gasteiger partial charge on any atom is -0.507 e. The van der Waals surface area contributed by atoms with Crippen molar-refractivity contribution in [2.24, 2.45) is 0 Å². The second kappa shape index (κ2) is 6.71. The van der Waals surface area contributed by atoms with E-state index in [1.54, 1.807) is 6.07 Å². The molecule has 4 radical (unpaired) electrons. The topological polar surface area (TPSA) is 20.2 Å². The van der Waals surface area contributed by atoms with Gasteiger partial charge in [0, 0.05) is 39.7 Å². The minimum atomic E-state index is 0. The maximum Gasteiger partial charge on any atom is 0.123 e. The summed E-state index contributed by atoms with van der Waals surface area (Å²) in [5.41, 5.74) is 1.92. The summed E-state index contributed by atoms with van der Waals surface area (Å²) in [5.74, 6) is 0.328. The quantitative estimate of drug-likeness (QED) is 0.778. The molecule has 2 aromatic carbocycles. The summed E-state index contributed by atoms with van der Waals surface area (Å²) in [6, 6.07) is 17.2. The number of phenols is 1. The summed E-state index contributed by atoms with van der Waals surface area (Å²) in [6.07, 6.45) is 0. The van der Waals surface area contributed by atoms with Gasteiger partial charge in [-0.25, -0.2) is 0 Å². The molecule has 0 amide bonds. The molecule has 1 N–H and O–H groups in total. The molecule has 0 spiro atoms. The zero-order valence-electron chi connectivity index (χ0n) is 8.05. The number of hydrogen-bond acceptors (Lipinski definition) is 1. The molecule has 0 aliphatic rings. The summed E-state index contributed by atoms with van der Waals surface area (Å²) in [6.45, 7) is 0. The Morgan fingerprint density at radius 3 is 1.87 bits per heavy atom. The fourth-order valence-corrected chi connectivity index (χ4v) is 1.34. The number of phenolic OH excluding ortho intramolecular Hbond substituents is 1. The van der Waals surface area contributed by atoms with Crippen molar-refractivity contribution in [2.75, 3.05) is 0 Å². The van der Waals surface area contributed by atoms with E-state index >= 15 is 0 Å². The van der Waals surface area contributed by atoms with Gasteiger partial charge >= 0.3 is 0 Å². The average Bonchev–Trinajstić information content (AvgIpc) is 2.20. The molecule has 0 saturated carbocycles. The molecule has 1 nitrogen and oxygen atoms in total. The van der Waals surface area contributed by atoms with Gasteiger partial charge < -0.3 is 5.11 Å². The van der Waals surface area contributed by atoms with Crippen LogP contribution in [0.1, 0.15) is 0 Å². The van der Waals surface area contributed by atoms with E-state index in [2.05, 4.69) is 0 Å². The first kappa shape index (κ1) is 14.3. The molecule has 0 aliphatic carbocycles. The van der Waals surface area contributed by atoms with Crippen molar-refractivity contribution < 1.29 is 21.9 Å². The van der Waals surface area contributed by atoms with Crippen LogP contribution in [0.25, 0.3) is 11.1 Å². The van der Waals surface area contributed by atoms with Crippen LogP contribution in [0.2, 0.25) is 0 Å². The molecule has 0 aromatic heterocycles. The van der Waals surface area contributed by atoms with Crippen molar-refractivity contribution in [3.8, 4) is 16.9 Å². The Balaban J connectivity index is 0.000000980. The van der Waals surface area contributed by atoms with Crippen LogP contribution in [-0.4, -0.2) is 22.5 Å². The molecule has 0 heterocycles. The van der Waals surface area contributed by atoms with E-state index in [-0.39, 0.29) is 34.1 Å². The van der Waals surface area contributed by atoms with Crippen molar-refractivity contribution in [1.82, 2.24) is 0 Å². The zero-order chi connectivity index (χ0) is 9.10. The number of para-hydroxylation sites is 1. The van der Waals surface area contributed by atoms with E-state index in [1.165, 1.54) is 0 Å². The van der Waals surface area contributed by atoms with Crippen LogP contribution in [0.5, 0.6) is 5.75 Å². The predicted molar refractivity (Wildman–Crippen MR) is 59.3 cm³/mol. The van der Waals surface area contributed by atoms with E-state index in [9.17, 15) is 5.11 Å². The van der Waals surface area contributed by atoms with Crippen molar-refractivity contribution in [2.45, 2.75) is 0 Å².